The standard InChI is InChI=1S/C9H12N2O/c1-4-5-6(2)8-7(3)10-9(12)11-8/h4-5H,1H2,2-3H3,(H2,10,11,12)/b6-5-. The van der Waals surface area contributed by atoms with Crippen molar-refractivity contribution in [3.05, 3.63) is 40.6 Å². The number of aryl methyl sites for hydroxylation is 1. The largest absolute Gasteiger partial charge is 0.323 e. The summed E-state index contributed by atoms with van der Waals surface area (Å²) in [6.07, 6.45) is 3.55. The molecule has 0 saturated heterocycles. The van der Waals surface area contributed by atoms with Gasteiger partial charge in [-0.3, -0.25) is 0 Å². The molecule has 2 N–H and O–H groups in total. The summed E-state index contributed by atoms with van der Waals surface area (Å²) in [5.74, 6) is 0. The highest BCUT2D eigenvalue weighted by molar-refractivity contribution is 5.63. The lowest BCUT2D eigenvalue weighted by atomic mass is 10.2. The molecule has 64 valence electrons. The van der Waals surface area contributed by atoms with Crippen molar-refractivity contribution in [2.75, 3.05) is 0 Å². The Morgan fingerprint density at radius 3 is 2.58 bits per heavy atom. The molecule has 1 aromatic rings. The fourth-order valence-electron chi connectivity index (χ4n) is 1.13. The van der Waals surface area contributed by atoms with Crippen LogP contribution in [0.2, 0.25) is 0 Å². The van der Waals surface area contributed by atoms with Gasteiger partial charge in [-0.25, -0.2) is 4.79 Å². The van der Waals surface area contributed by atoms with E-state index in [1.54, 1.807) is 6.08 Å². The predicted molar refractivity (Wildman–Crippen MR) is 50.0 cm³/mol. The minimum atomic E-state index is -0.167. The molecule has 3 nitrogen and oxygen atoms in total. The fourth-order valence-corrected chi connectivity index (χ4v) is 1.13. The van der Waals surface area contributed by atoms with Gasteiger partial charge in [0.05, 0.1) is 5.69 Å². The van der Waals surface area contributed by atoms with Gasteiger partial charge in [-0.1, -0.05) is 18.7 Å². The van der Waals surface area contributed by atoms with E-state index in [9.17, 15) is 4.79 Å². The Hall–Kier alpha value is -1.51. The van der Waals surface area contributed by atoms with Crippen molar-refractivity contribution in [1.82, 2.24) is 9.97 Å². The van der Waals surface area contributed by atoms with E-state index in [2.05, 4.69) is 16.5 Å². The molecule has 0 aromatic carbocycles. The fraction of sp³-hybridized carbons (Fsp3) is 0.222. The monoisotopic (exact) mass is 164 g/mol. The van der Waals surface area contributed by atoms with Crippen molar-refractivity contribution in [1.29, 1.82) is 0 Å². The van der Waals surface area contributed by atoms with Crippen LogP contribution in [0.4, 0.5) is 0 Å². The van der Waals surface area contributed by atoms with Gasteiger partial charge in [0.1, 0.15) is 0 Å². The van der Waals surface area contributed by atoms with Gasteiger partial charge in [-0.15, -0.1) is 0 Å². The highest BCUT2D eigenvalue weighted by Gasteiger charge is 2.02. The number of rotatable bonds is 2. The Morgan fingerprint density at radius 2 is 2.17 bits per heavy atom. The van der Waals surface area contributed by atoms with E-state index in [1.165, 1.54) is 0 Å². The van der Waals surface area contributed by atoms with Crippen LogP contribution in [0.25, 0.3) is 5.57 Å². The summed E-state index contributed by atoms with van der Waals surface area (Å²) in [5, 5.41) is 0. The van der Waals surface area contributed by atoms with Crippen LogP contribution in [0.15, 0.2) is 23.5 Å². The van der Waals surface area contributed by atoms with Crippen LogP contribution >= 0.6 is 0 Å². The minimum Gasteiger partial charge on any atom is -0.310 e. The normalized spacial score (nSPS) is 11.7. The Kier molecular flexibility index (Phi) is 2.33. The van der Waals surface area contributed by atoms with Crippen molar-refractivity contribution < 1.29 is 0 Å². The molecular weight excluding hydrogens is 152 g/mol. The summed E-state index contributed by atoms with van der Waals surface area (Å²) in [6, 6.07) is 0. The summed E-state index contributed by atoms with van der Waals surface area (Å²) < 4.78 is 0. The zero-order valence-electron chi connectivity index (χ0n) is 7.27. The number of aromatic nitrogens is 2. The van der Waals surface area contributed by atoms with Gasteiger partial charge in [-0.2, -0.15) is 0 Å². The first kappa shape index (κ1) is 8.59. The van der Waals surface area contributed by atoms with Crippen LogP contribution in [-0.4, -0.2) is 9.97 Å². The van der Waals surface area contributed by atoms with Gasteiger partial charge in [0, 0.05) is 5.69 Å². The molecule has 0 unspecified atom stereocenters. The first-order valence-electron chi connectivity index (χ1n) is 3.73. The SMILES string of the molecule is C=C/C=C(/C)c1[nH]c(=O)[nH]c1C. The molecule has 12 heavy (non-hydrogen) atoms. The summed E-state index contributed by atoms with van der Waals surface area (Å²) in [6.45, 7) is 7.36. The maximum absolute atomic E-state index is 10.9. The van der Waals surface area contributed by atoms with Gasteiger partial charge in [0.15, 0.2) is 0 Å². The van der Waals surface area contributed by atoms with Crippen LogP contribution in [0.3, 0.4) is 0 Å². The molecule has 0 atom stereocenters. The summed E-state index contributed by atoms with van der Waals surface area (Å²) in [5.41, 5.74) is 2.54. The first-order valence-corrected chi connectivity index (χ1v) is 3.73. The molecule has 1 heterocycles. The summed E-state index contributed by atoms with van der Waals surface area (Å²) >= 11 is 0. The number of imidazole rings is 1. The second-order valence-electron chi connectivity index (χ2n) is 2.66. The zero-order chi connectivity index (χ0) is 9.14. The third-order valence-electron chi connectivity index (χ3n) is 1.68. The van der Waals surface area contributed by atoms with Crippen LogP contribution in [0.1, 0.15) is 18.3 Å². The highest BCUT2D eigenvalue weighted by Crippen LogP contribution is 2.11. The van der Waals surface area contributed by atoms with Crippen molar-refractivity contribution in [3.63, 3.8) is 0 Å². The molecule has 0 aliphatic heterocycles. The lowest BCUT2D eigenvalue weighted by Gasteiger charge is -1.95. The van der Waals surface area contributed by atoms with Crippen molar-refractivity contribution in [3.8, 4) is 0 Å². The van der Waals surface area contributed by atoms with E-state index in [0.717, 1.165) is 17.0 Å². The van der Waals surface area contributed by atoms with Gasteiger partial charge in [0.25, 0.3) is 0 Å². The molecule has 0 bridgehead atoms. The Balaban J connectivity index is 3.18. The maximum Gasteiger partial charge on any atom is 0.323 e. The van der Waals surface area contributed by atoms with Gasteiger partial charge in [0.2, 0.25) is 0 Å². The van der Waals surface area contributed by atoms with Crippen molar-refractivity contribution in [2.45, 2.75) is 13.8 Å². The molecule has 0 saturated carbocycles. The van der Waals surface area contributed by atoms with Crippen LogP contribution < -0.4 is 5.69 Å². The molecule has 0 aliphatic carbocycles. The number of H-pyrrole nitrogens is 2. The quantitative estimate of drug-likeness (QED) is 0.641. The maximum atomic E-state index is 10.9. The Labute approximate surface area is 70.8 Å². The van der Waals surface area contributed by atoms with E-state index in [1.807, 2.05) is 19.9 Å². The molecule has 1 aromatic heterocycles. The number of hydrogen-bond donors (Lipinski definition) is 2. The topological polar surface area (TPSA) is 48.6 Å². The average molecular weight is 164 g/mol. The summed E-state index contributed by atoms with van der Waals surface area (Å²) in [7, 11) is 0. The number of allylic oxidation sites excluding steroid dienone is 3. The van der Waals surface area contributed by atoms with Crippen LogP contribution in [0.5, 0.6) is 0 Å². The lowest BCUT2D eigenvalue weighted by molar-refractivity contribution is 1.16. The second-order valence-corrected chi connectivity index (χ2v) is 2.66. The van der Waals surface area contributed by atoms with Gasteiger partial charge < -0.3 is 9.97 Å². The third kappa shape index (κ3) is 1.56. The molecule has 0 radical (unpaired) electrons. The molecule has 0 fully saturated rings. The molecule has 0 amide bonds. The molecular formula is C9H12N2O. The molecule has 0 aliphatic rings. The van der Waals surface area contributed by atoms with Gasteiger partial charge in [-0.05, 0) is 19.4 Å². The number of aromatic amines is 2. The van der Waals surface area contributed by atoms with Crippen LogP contribution in [-0.2, 0) is 0 Å². The minimum absolute atomic E-state index is 0.167. The Morgan fingerprint density at radius 1 is 1.50 bits per heavy atom. The molecule has 1 rings (SSSR count). The van der Waals surface area contributed by atoms with Crippen molar-refractivity contribution in [2.24, 2.45) is 0 Å². The van der Waals surface area contributed by atoms with Crippen molar-refractivity contribution >= 4 is 5.57 Å². The van der Waals surface area contributed by atoms with Gasteiger partial charge >= 0.3 is 5.69 Å². The summed E-state index contributed by atoms with van der Waals surface area (Å²) in [4.78, 5) is 16.2. The highest BCUT2D eigenvalue weighted by atomic mass is 16.1. The van der Waals surface area contributed by atoms with Crippen LogP contribution in [0, 0.1) is 6.92 Å². The van der Waals surface area contributed by atoms with E-state index in [0.29, 0.717) is 0 Å². The van der Waals surface area contributed by atoms with E-state index in [4.69, 9.17) is 0 Å². The smallest absolute Gasteiger partial charge is 0.310 e. The lowest BCUT2D eigenvalue weighted by Crippen LogP contribution is -2.00. The third-order valence-corrected chi connectivity index (χ3v) is 1.68. The average Bonchev–Trinajstić information content (AvgIpc) is 2.30. The van der Waals surface area contributed by atoms with E-state index in [-0.39, 0.29) is 5.69 Å². The van der Waals surface area contributed by atoms with E-state index >= 15 is 0 Å². The Bertz CT molecular complexity index is 368. The zero-order valence-corrected chi connectivity index (χ0v) is 7.27. The predicted octanol–water partition coefficient (Wildman–Crippen LogP) is 1.60. The number of hydrogen-bond acceptors (Lipinski definition) is 1. The second kappa shape index (κ2) is 3.26. The molecule has 0 spiro atoms. The first-order chi connectivity index (χ1) is 5.65. The van der Waals surface area contributed by atoms with E-state index < -0.39 is 0 Å². The number of nitrogens with one attached hydrogen (secondary N) is 2. The molecule has 3 heteroatoms.